The Morgan fingerprint density at radius 3 is 2.22 bits per heavy atom. The van der Waals surface area contributed by atoms with Gasteiger partial charge in [-0.25, -0.2) is 0 Å². The predicted molar refractivity (Wildman–Crippen MR) is 80.7 cm³/mol. The van der Waals surface area contributed by atoms with Crippen LogP contribution in [-0.4, -0.2) is 18.0 Å². The second-order valence-electron chi connectivity index (χ2n) is 5.19. The van der Waals surface area contributed by atoms with Gasteiger partial charge in [-0.1, -0.05) is 61.1 Å². The molecule has 0 amide bonds. The molecule has 0 spiro atoms. The Morgan fingerprint density at radius 2 is 1.72 bits per heavy atom. The van der Waals surface area contributed by atoms with Crippen molar-refractivity contribution in [2.75, 3.05) is 13.1 Å². The maximum Gasteiger partial charge on any atom is 0.0240 e. The van der Waals surface area contributed by atoms with Crippen molar-refractivity contribution in [3.63, 3.8) is 0 Å². The first-order valence-electron chi connectivity index (χ1n) is 6.60. The second kappa shape index (κ2) is 7.17. The fraction of sp³-hybridized carbons (Fsp3) is 0.412. The molecule has 0 fully saturated rings. The van der Waals surface area contributed by atoms with E-state index in [1.54, 1.807) is 0 Å². The molecule has 1 rings (SSSR count). The third-order valence-corrected chi connectivity index (χ3v) is 2.97. The maximum absolute atomic E-state index is 4.10. The largest absolute Gasteiger partial charge is 0.291 e. The highest BCUT2D eigenvalue weighted by molar-refractivity contribution is 5.21. The van der Waals surface area contributed by atoms with Crippen LogP contribution in [0.1, 0.15) is 31.4 Å². The van der Waals surface area contributed by atoms with Crippen LogP contribution in [0.2, 0.25) is 0 Å². The summed E-state index contributed by atoms with van der Waals surface area (Å²) in [7, 11) is 0. The van der Waals surface area contributed by atoms with Crippen molar-refractivity contribution in [1.29, 1.82) is 0 Å². The van der Waals surface area contributed by atoms with Gasteiger partial charge < -0.3 is 0 Å². The molecule has 18 heavy (non-hydrogen) atoms. The van der Waals surface area contributed by atoms with Gasteiger partial charge in [0.05, 0.1) is 0 Å². The summed E-state index contributed by atoms with van der Waals surface area (Å²) < 4.78 is 0. The molecule has 0 bridgehead atoms. The van der Waals surface area contributed by atoms with Crippen LogP contribution in [0.25, 0.3) is 0 Å². The molecule has 0 aromatic heterocycles. The number of rotatable bonds is 7. The Labute approximate surface area is 112 Å². The molecule has 0 unspecified atom stereocenters. The minimum absolute atomic E-state index is 0.937. The van der Waals surface area contributed by atoms with E-state index in [1.165, 1.54) is 22.3 Å². The summed E-state index contributed by atoms with van der Waals surface area (Å²) in [5, 5.41) is 0. The summed E-state index contributed by atoms with van der Waals surface area (Å²) in [6.45, 7) is 17.3. The fourth-order valence-electron chi connectivity index (χ4n) is 1.93. The number of nitrogens with zero attached hydrogens (tertiary/aromatic N) is 1. The maximum atomic E-state index is 4.10. The normalized spacial score (nSPS) is 10.7. The van der Waals surface area contributed by atoms with Crippen LogP contribution >= 0.6 is 0 Å². The van der Waals surface area contributed by atoms with Crippen LogP contribution < -0.4 is 0 Å². The zero-order valence-electron chi connectivity index (χ0n) is 12.0. The van der Waals surface area contributed by atoms with Crippen molar-refractivity contribution >= 4 is 0 Å². The van der Waals surface area contributed by atoms with Crippen molar-refractivity contribution < 1.29 is 0 Å². The monoisotopic (exact) mass is 243 g/mol. The SMILES string of the molecule is C=C(C)CN(CC(=C)CC)Cc1ccc(C)cc1. The van der Waals surface area contributed by atoms with Crippen LogP contribution in [-0.2, 0) is 6.54 Å². The van der Waals surface area contributed by atoms with Crippen LogP contribution in [0.5, 0.6) is 0 Å². The van der Waals surface area contributed by atoms with E-state index >= 15 is 0 Å². The smallest absolute Gasteiger partial charge is 0.0240 e. The molecule has 0 radical (unpaired) electrons. The van der Waals surface area contributed by atoms with Gasteiger partial charge in [0.15, 0.2) is 0 Å². The van der Waals surface area contributed by atoms with Gasteiger partial charge in [0.1, 0.15) is 0 Å². The number of benzene rings is 1. The van der Waals surface area contributed by atoms with Gasteiger partial charge in [-0.3, -0.25) is 4.90 Å². The van der Waals surface area contributed by atoms with Crippen molar-refractivity contribution in [2.24, 2.45) is 0 Å². The zero-order valence-corrected chi connectivity index (χ0v) is 12.0. The van der Waals surface area contributed by atoms with E-state index in [4.69, 9.17) is 0 Å². The highest BCUT2D eigenvalue weighted by Gasteiger charge is 2.07. The van der Waals surface area contributed by atoms with Crippen LogP contribution in [0.15, 0.2) is 48.6 Å². The van der Waals surface area contributed by atoms with Gasteiger partial charge in [-0.15, -0.1) is 0 Å². The Balaban J connectivity index is 2.67. The topological polar surface area (TPSA) is 3.24 Å². The molecule has 0 aliphatic carbocycles. The van der Waals surface area contributed by atoms with E-state index < -0.39 is 0 Å². The Morgan fingerprint density at radius 1 is 1.11 bits per heavy atom. The van der Waals surface area contributed by atoms with Gasteiger partial charge in [0.25, 0.3) is 0 Å². The molecule has 1 aromatic carbocycles. The summed E-state index contributed by atoms with van der Waals surface area (Å²) in [4.78, 5) is 2.40. The molecule has 0 saturated carbocycles. The lowest BCUT2D eigenvalue weighted by Gasteiger charge is -2.23. The molecule has 0 N–H and O–H groups in total. The highest BCUT2D eigenvalue weighted by atomic mass is 15.1. The summed E-state index contributed by atoms with van der Waals surface area (Å²) in [6.07, 6.45) is 1.04. The number of hydrogen-bond donors (Lipinski definition) is 0. The van der Waals surface area contributed by atoms with E-state index in [-0.39, 0.29) is 0 Å². The van der Waals surface area contributed by atoms with E-state index in [0.717, 1.165) is 26.1 Å². The zero-order chi connectivity index (χ0) is 13.5. The van der Waals surface area contributed by atoms with Gasteiger partial charge in [-0.05, 0) is 25.8 Å². The van der Waals surface area contributed by atoms with Crippen molar-refractivity contribution in [3.8, 4) is 0 Å². The van der Waals surface area contributed by atoms with E-state index in [0.29, 0.717) is 0 Å². The Hall–Kier alpha value is -1.34. The lowest BCUT2D eigenvalue weighted by Crippen LogP contribution is -2.27. The second-order valence-corrected chi connectivity index (χ2v) is 5.19. The van der Waals surface area contributed by atoms with Crippen LogP contribution in [0, 0.1) is 6.92 Å². The fourth-order valence-corrected chi connectivity index (χ4v) is 1.93. The first kappa shape index (κ1) is 14.7. The van der Waals surface area contributed by atoms with Gasteiger partial charge in [-0.2, -0.15) is 0 Å². The molecule has 0 heterocycles. The molecular formula is C17H25N. The van der Waals surface area contributed by atoms with Crippen molar-refractivity contribution in [1.82, 2.24) is 4.90 Å². The molecule has 1 nitrogen and oxygen atoms in total. The summed E-state index contributed by atoms with van der Waals surface area (Å²) in [5.41, 5.74) is 5.14. The predicted octanol–water partition coefficient (Wildman–Crippen LogP) is 4.34. The van der Waals surface area contributed by atoms with E-state index in [1.807, 2.05) is 0 Å². The van der Waals surface area contributed by atoms with Crippen LogP contribution in [0.3, 0.4) is 0 Å². The molecule has 1 heteroatoms. The minimum Gasteiger partial charge on any atom is -0.291 e. The lowest BCUT2D eigenvalue weighted by atomic mass is 10.1. The molecule has 0 aliphatic rings. The summed E-state index contributed by atoms with van der Waals surface area (Å²) >= 11 is 0. The van der Waals surface area contributed by atoms with Crippen molar-refractivity contribution in [2.45, 2.75) is 33.7 Å². The Kier molecular flexibility index (Phi) is 5.87. The first-order valence-corrected chi connectivity index (χ1v) is 6.60. The quantitative estimate of drug-likeness (QED) is 0.644. The third kappa shape index (κ3) is 5.33. The molecule has 1 aromatic rings. The standard InChI is InChI=1S/C17H25N/c1-6-15(4)12-18(11-14(2)3)13-17-9-7-16(5)8-10-17/h7-10H,2,4,6,11-13H2,1,3,5H3. The molecule has 98 valence electrons. The lowest BCUT2D eigenvalue weighted by molar-refractivity contribution is 0.311. The highest BCUT2D eigenvalue weighted by Crippen LogP contribution is 2.11. The van der Waals surface area contributed by atoms with Gasteiger partial charge >= 0.3 is 0 Å². The number of hydrogen-bond acceptors (Lipinski definition) is 1. The Bertz CT molecular complexity index is 400. The van der Waals surface area contributed by atoms with E-state index in [2.05, 4.69) is 63.1 Å². The van der Waals surface area contributed by atoms with Crippen LogP contribution in [0.4, 0.5) is 0 Å². The van der Waals surface area contributed by atoms with E-state index in [9.17, 15) is 0 Å². The number of aryl methyl sites for hydroxylation is 1. The third-order valence-electron chi connectivity index (χ3n) is 2.97. The molecular weight excluding hydrogens is 218 g/mol. The summed E-state index contributed by atoms with van der Waals surface area (Å²) in [5.74, 6) is 0. The molecule has 0 atom stereocenters. The van der Waals surface area contributed by atoms with Crippen molar-refractivity contribution in [3.05, 3.63) is 59.7 Å². The first-order chi connectivity index (χ1) is 8.51. The summed E-state index contributed by atoms with van der Waals surface area (Å²) in [6, 6.07) is 8.75. The minimum atomic E-state index is 0.937. The van der Waals surface area contributed by atoms with Gasteiger partial charge in [0, 0.05) is 19.6 Å². The molecule has 0 aliphatic heterocycles. The average molecular weight is 243 g/mol. The average Bonchev–Trinajstić information content (AvgIpc) is 2.31. The molecule has 0 saturated heterocycles. The van der Waals surface area contributed by atoms with Gasteiger partial charge in [0.2, 0.25) is 0 Å².